The first-order valence-electron chi connectivity index (χ1n) is 5.43. The summed E-state index contributed by atoms with van der Waals surface area (Å²) >= 11 is 0. The molecule has 1 N–H and O–H groups in total. The van der Waals surface area contributed by atoms with E-state index in [4.69, 9.17) is 0 Å². The van der Waals surface area contributed by atoms with E-state index < -0.39 is 0 Å². The summed E-state index contributed by atoms with van der Waals surface area (Å²) in [6, 6.07) is 13.2. The van der Waals surface area contributed by atoms with E-state index in [1.807, 2.05) is 0 Å². The lowest BCUT2D eigenvalue weighted by atomic mass is 10.1. The normalized spacial score (nSPS) is 17.8. The SMILES string of the molecule is CC[C@@H]1Nc2ccccc2-n2cccc21. The third-order valence-corrected chi connectivity index (χ3v) is 3.04. The smallest absolute Gasteiger partial charge is 0.0686 e. The first kappa shape index (κ1) is 8.60. The fourth-order valence-electron chi connectivity index (χ4n) is 2.28. The number of rotatable bonds is 1. The lowest BCUT2D eigenvalue weighted by Gasteiger charge is -2.28. The predicted octanol–water partition coefficient (Wildman–Crippen LogP) is 3.35. The highest BCUT2D eigenvalue weighted by molar-refractivity contribution is 5.65. The average molecular weight is 198 g/mol. The second-order valence-corrected chi connectivity index (χ2v) is 3.93. The van der Waals surface area contributed by atoms with E-state index in [0.29, 0.717) is 6.04 Å². The molecular weight excluding hydrogens is 184 g/mol. The number of nitrogens with one attached hydrogen (secondary N) is 1. The van der Waals surface area contributed by atoms with E-state index in [1.165, 1.54) is 17.1 Å². The molecule has 0 aliphatic carbocycles. The van der Waals surface area contributed by atoms with Gasteiger partial charge in [0.1, 0.15) is 0 Å². The van der Waals surface area contributed by atoms with Crippen molar-refractivity contribution in [3.63, 3.8) is 0 Å². The standard InChI is InChI=1S/C13H14N2/c1-2-10-12-8-5-9-15(12)13-7-4-3-6-11(13)14-10/h3-10,14H,2H2,1H3/t10-/m0/s1. The number of benzene rings is 1. The van der Waals surface area contributed by atoms with Crippen LogP contribution in [0.5, 0.6) is 0 Å². The van der Waals surface area contributed by atoms with Crippen LogP contribution in [0.3, 0.4) is 0 Å². The molecule has 0 bridgehead atoms. The molecule has 1 aromatic heterocycles. The summed E-state index contributed by atoms with van der Waals surface area (Å²) < 4.78 is 2.28. The van der Waals surface area contributed by atoms with Crippen LogP contribution in [-0.4, -0.2) is 4.57 Å². The lowest BCUT2D eigenvalue weighted by molar-refractivity contribution is 0.686. The molecule has 2 heterocycles. The van der Waals surface area contributed by atoms with E-state index in [-0.39, 0.29) is 0 Å². The van der Waals surface area contributed by atoms with Crippen molar-refractivity contribution < 1.29 is 0 Å². The van der Waals surface area contributed by atoms with Crippen LogP contribution in [0.4, 0.5) is 5.69 Å². The first-order valence-corrected chi connectivity index (χ1v) is 5.43. The zero-order valence-electron chi connectivity index (χ0n) is 8.77. The Bertz CT molecular complexity index is 485. The molecule has 15 heavy (non-hydrogen) atoms. The minimum Gasteiger partial charge on any atom is -0.375 e. The van der Waals surface area contributed by atoms with Crippen LogP contribution >= 0.6 is 0 Å². The van der Waals surface area contributed by atoms with E-state index in [2.05, 4.69) is 59.4 Å². The van der Waals surface area contributed by atoms with Crippen LogP contribution < -0.4 is 5.32 Å². The highest BCUT2D eigenvalue weighted by atomic mass is 15.1. The van der Waals surface area contributed by atoms with Gasteiger partial charge in [-0.3, -0.25) is 0 Å². The maximum atomic E-state index is 3.57. The Morgan fingerprint density at radius 1 is 1.20 bits per heavy atom. The summed E-state index contributed by atoms with van der Waals surface area (Å²) in [6.45, 7) is 2.21. The van der Waals surface area contributed by atoms with Gasteiger partial charge in [0.05, 0.1) is 17.4 Å². The van der Waals surface area contributed by atoms with Crippen LogP contribution in [0.25, 0.3) is 5.69 Å². The monoisotopic (exact) mass is 198 g/mol. The third kappa shape index (κ3) is 1.18. The van der Waals surface area contributed by atoms with Gasteiger partial charge in [0.15, 0.2) is 0 Å². The molecular formula is C13H14N2. The molecule has 0 saturated carbocycles. The van der Waals surface area contributed by atoms with Crippen molar-refractivity contribution in [3.05, 3.63) is 48.3 Å². The van der Waals surface area contributed by atoms with Crippen molar-refractivity contribution in [2.24, 2.45) is 0 Å². The van der Waals surface area contributed by atoms with Gasteiger partial charge >= 0.3 is 0 Å². The van der Waals surface area contributed by atoms with Crippen molar-refractivity contribution in [3.8, 4) is 5.69 Å². The van der Waals surface area contributed by atoms with Gasteiger partial charge < -0.3 is 9.88 Å². The van der Waals surface area contributed by atoms with Crippen LogP contribution in [0.1, 0.15) is 25.1 Å². The molecule has 1 atom stereocenters. The van der Waals surface area contributed by atoms with Crippen molar-refractivity contribution >= 4 is 5.69 Å². The highest BCUT2D eigenvalue weighted by Crippen LogP contribution is 2.34. The molecule has 1 aliphatic heterocycles. The summed E-state index contributed by atoms with van der Waals surface area (Å²) in [4.78, 5) is 0. The Morgan fingerprint density at radius 3 is 2.93 bits per heavy atom. The Hall–Kier alpha value is -1.70. The molecule has 3 rings (SSSR count). The van der Waals surface area contributed by atoms with Gasteiger partial charge in [-0.1, -0.05) is 19.1 Å². The molecule has 1 aliphatic rings. The van der Waals surface area contributed by atoms with E-state index in [0.717, 1.165) is 6.42 Å². The molecule has 76 valence electrons. The minimum absolute atomic E-state index is 0.440. The summed E-state index contributed by atoms with van der Waals surface area (Å²) in [5.41, 5.74) is 3.84. The predicted molar refractivity (Wildman–Crippen MR) is 62.4 cm³/mol. The molecule has 0 unspecified atom stereocenters. The van der Waals surface area contributed by atoms with Crippen LogP contribution in [-0.2, 0) is 0 Å². The Morgan fingerprint density at radius 2 is 2.07 bits per heavy atom. The molecule has 0 fully saturated rings. The summed E-state index contributed by atoms with van der Waals surface area (Å²) in [7, 11) is 0. The van der Waals surface area contributed by atoms with Gasteiger partial charge in [-0.05, 0) is 30.7 Å². The van der Waals surface area contributed by atoms with E-state index >= 15 is 0 Å². The molecule has 0 saturated heterocycles. The van der Waals surface area contributed by atoms with Crippen molar-refractivity contribution in [2.45, 2.75) is 19.4 Å². The summed E-state index contributed by atoms with van der Waals surface area (Å²) in [5.74, 6) is 0. The Kier molecular flexibility index (Phi) is 1.81. The van der Waals surface area contributed by atoms with Crippen molar-refractivity contribution in [1.82, 2.24) is 4.57 Å². The molecule has 2 nitrogen and oxygen atoms in total. The average Bonchev–Trinajstić information content (AvgIpc) is 2.77. The molecule has 0 amide bonds. The quantitative estimate of drug-likeness (QED) is 0.743. The number of aromatic nitrogens is 1. The second kappa shape index (κ2) is 3.16. The number of fused-ring (bicyclic) bond motifs is 3. The topological polar surface area (TPSA) is 17.0 Å². The molecule has 0 spiro atoms. The lowest BCUT2D eigenvalue weighted by Crippen LogP contribution is -2.20. The molecule has 1 aromatic carbocycles. The van der Waals surface area contributed by atoms with Gasteiger partial charge in [0, 0.05) is 11.9 Å². The van der Waals surface area contributed by atoms with Gasteiger partial charge in [-0.15, -0.1) is 0 Å². The van der Waals surface area contributed by atoms with E-state index in [1.54, 1.807) is 0 Å². The first-order chi connectivity index (χ1) is 7.40. The van der Waals surface area contributed by atoms with Crippen LogP contribution in [0.2, 0.25) is 0 Å². The van der Waals surface area contributed by atoms with Gasteiger partial charge in [0.25, 0.3) is 0 Å². The molecule has 0 radical (unpaired) electrons. The zero-order chi connectivity index (χ0) is 10.3. The largest absolute Gasteiger partial charge is 0.375 e. The van der Waals surface area contributed by atoms with Crippen molar-refractivity contribution in [1.29, 1.82) is 0 Å². The van der Waals surface area contributed by atoms with E-state index in [9.17, 15) is 0 Å². The van der Waals surface area contributed by atoms with Gasteiger partial charge in [0.2, 0.25) is 0 Å². The van der Waals surface area contributed by atoms with Gasteiger partial charge in [-0.2, -0.15) is 0 Å². The molecule has 2 heteroatoms. The maximum Gasteiger partial charge on any atom is 0.0686 e. The number of hydrogen-bond donors (Lipinski definition) is 1. The Labute approximate surface area is 89.5 Å². The number of hydrogen-bond acceptors (Lipinski definition) is 1. The maximum absolute atomic E-state index is 3.57. The van der Waals surface area contributed by atoms with Crippen molar-refractivity contribution in [2.75, 3.05) is 5.32 Å². The zero-order valence-corrected chi connectivity index (χ0v) is 8.77. The fraction of sp³-hybridized carbons (Fsp3) is 0.231. The summed E-state index contributed by atoms with van der Waals surface area (Å²) in [5, 5.41) is 3.57. The van der Waals surface area contributed by atoms with Gasteiger partial charge in [-0.25, -0.2) is 0 Å². The Balaban J connectivity index is 2.22. The minimum atomic E-state index is 0.440. The number of nitrogens with zero attached hydrogens (tertiary/aromatic N) is 1. The van der Waals surface area contributed by atoms with Crippen LogP contribution in [0.15, 0.2) is 42.6 Å². The highest BCUT2D eigenvalue weighted by Gasteiger charge is 2.21. The second-order valence-electron chi connectivity index (χ2n) is 3.93. The number of anilines is 1. The molecule has 2 aromatic rings. The van der Waals surface area contributed by atoms with Crippen LogP contribution in [0, 0.1) is 0 Å². The fourth-order valence-corrected chi connectivity index (χ4v) is 2.28. The number of para-hydroxylation sites is 2. The third-order valence-electron chi connectivity index (χ3n) is 3.04. The summed E-state index contributed by atoms with van der Waals surface area (Å²) in [6.07, 6.45) is 3.25.